The molecule has 3 aliphatic heterocycles. The summed E-state index contributed by atoms with van der Waals surface area (Å²) < 4.78 is 26.8. The van der Waals surface area contributed by atoms with Crippen LogP contribution in [-0.2, 0) is 28.5 Å². The standard InChI is InChI=1S/C23H41NO18.Na.H/c1-6(27)17(38-5-23(37)2-7(28)10(24)19(42-23)11(30)8(29)3-25)20-13(32)12(31)16(35)22(41-20)40-18-9(4-26)39-21(36)15(34)14(18)33;;/h7-22,25-26,28-37H,2-5,24H2,1H3;;/q;+1;-1/t7-,8+,9+,10+,11+,12-,13+,14+,15+,16+,17?,18+,19+,20-,21-,22+,23-;;/m0../s1. The second-order valence-corrected chi connectivity index (χ2v) is 10.7. The van der Waals surface area contributed by atoms with Gasteiger partial charge in [-0.2, -0.15) is 0 Å². The van der Waals surface area contributed by atoms with Crippen molar-refractivity contribution >= 4 is 5.78 Å². The van der Waals surface area contributed by atoms with Gasteiger partial charge < -0.3 is 92.1 Å². The number of rotatable bonds is 11. The van der Waals surface area contributed by atoms with E-state index in [1.165, 1.54) is 0 Å². The molecule has 0 aromatic heterocycles. The van der Waals surface area contributed by atoms with Gasteiger partial charge in [0, 0.05) is 6.42 Å². The van der Waals surface area contributed by atoms with E-state index in [9.17, 15) is 61.0 Å². The summed E-state index contributed by atoms with van der Waals surface area (Å²) in [4.78, 5) is 12.5. The van der Waals surface area contributed by atoms with Crippen molar-refractivity contribution in [3.05, 3.63) is 0 Å². The minimum Gasteiger partial charge on any atom is -1.00 e. The van der Waals surface area contributed by atoms with Crippen molar-refractivity contribution in [2.45, 2.75) is 117 Å². The van der Waals surface area contributed by atoms with E-state index in [2.05, 4.69) is 0 Å². The predicted octanol–water partition coefficient (Wildman–Crippen LogP) is -11.4. The average Bonchev–Trinajstić information content (AvgIpc) is 2.94. The molecule has 0 saturated carbocycles. The molecule has 0 radical (unpaired) electrons. The minimum absolute atomic E-state index is 0. The van der Waals surface area contributed by atoms with E-state index in [0.717, 1.165) is 6.92 Å². The number of ketones is 1. The molecule has 0 aliphatic carbocycles. The van der Waals surface area contributed by atoms with Crippen molar-refractivity contribution in [3.8, 4) is 0 Å². The maximum absolute atomic E-state index is 12.5. The summed E-state index contributed by atoms with van der Waals surface area (Å²) in [6.07, 6.45) is -27.7. The molecule has 3 saturated heterocycles. The van der Waals surface area contributed by atoms with E-state index in [0.29, 0.717) is 0 Å². The summed E-state index contributed by atoms with van der Waals surface area (Å²) in [5, 5.41) is 122. The van der Waals surface area contributed by atoms with Crippen molar-refractivity contribution in [3.63, 3.8) is 0 Å². The van der Waals surface area contributed by atoms with Crippen LogP contribution in [0, 0.1) is 0 Å². The fourth-order valence-electron chi connectivity index (χ4n) is 5.07. The maximum Gasteiger partial charge on any atom is 1.00 e. The Morgan fingerprint density at radius 2 is 1.60 bits per heavy atom. The number of hydrogen-bond donors (Lipinski definition) is 13. The van der Waals surface area contributed by atoms with Gasteiger partial charge in [-0.05, 0) is 6.92 Å². The van der Waals surface area contributed by atoms with E-state index in [1.54, 1.807) is 0 Å². The number of Topliss-reactive ketones (excluding diaryl/α,β-unsaturated/α-hetero) is 1. The van der Waals surface area contributed by atoms with E-state index >= 15 is 0 Å². The molecule has 3 rings (SSSR count). The van der Waals surface area contributed by atoms with Crippen LogP contribution >= 0.6 is 0 Å². The van der Waals surface area contributed by atoms with Crippen LogP contribution in [-0.4, -0.2) is 191 Å². The van der Waals surface area contributed by atoms with Crippen molar-refractivity contribution < 1.29 is 121 Å². The zero-order valence-corrected chi connectivity index (χ0v) is 25.5. The molecule has 43 heavy (non-hydrogen) atoms. The molecule has 0 bridgehead atoms. The molecule has 17 atom stereocenters. The van der Waals surface area contributed by atoms with Crippen LogP contribution < -0.4 is 35.3 Å². The third-order valence-corrected chi connectivity index (χ3v) is 7.55. The molecule has 3 aliphatic rings. The Labute approximate surface area is 268 Å². The SMILES string of the molecule is CC(=O)C(OC[C@]1(O)C[C@H](O)[C@@H](N)[C@H]([C@H](O)[C@H](O)CO)O1)[C@H]1O[C@@H](O[C@H]2[C@H](O)[C@@H](O)[C@@H](O)O[C@@H]2CO)[C@H](O)[C@@H](O)[C@H]1O.[H-].[Na+]. The quantitative estimate of drug-likeness (QED) is 0.0929. The number of hydrogen-bond acceptors (Lipinski definition) is 19. The van der Waals surface area contributed by atoms with Crippen LogP contribution in [0.2, 0.25) is 0 Å². The predicted molar refractivity (Wildman–Crippen MR) is 131 cm³/mol. The van der Waals surface area contributed by atoms with Crippen LogP contribution in [0.4, 0.5) is 0 Å². The van der Waals surface area contributed by atoms with Crippen LogP contribution in [0.5, 0.6) is 0 Å². The molecule has 1 unspecified atom stereocenters. The Kier molecular flexibility index (Phi) is 14.7. The molecule has 3 heterocycles. The van der Waals surface area contributed by atoms with Gasteiger partial charge in [-0.15, -0.1) is 0 Å². The van der Waals surface area contributed by atoms with Gasteiger partial charge in [-0.1, -0.05) is 0 Å². The monoisotopic (exact) mass is 643 g/mol. The summed E-state index contributed by atoms with van der Waals surface area (Å²) >= 11 is 0. The van der Waals surface area contributed by atoms with Gasteiger partial charge in [-0.25, -0.2) is 0 Å². The van der Waals surface area contributed by atoms with Crippen molar-refractivity contribution in [2.24, 2.45) is 5.73 Å². The van der Waals surface area contributed by atoms with E-state index < -0.39 is 136 Å². The largest absolute Gasteiger partial charge is 1.00 e. The van der Waals surface area contributed by atoms with Crippen molar-refractivity contribution in [1.29, 1.82) is 0 Å². The van der Waals surface area contributed by atoms with Crippen molar-refractivity contribution in [1.82, 2.24) is 0 Å². The molecule has 20 heteroatoms. The topological polar surface area (TPSA) is 332 Å². The zero-order chi connectivity index (χ0) is 31.7. The van der Waals surface area contributed by atoms with Gasteiger partial charge >= 0.3 is 29.6 Å². The second-order valence-electron chi connectivity index (χ2n) is 10.7. The van der Waals surface area contributed by atoms with E-state index in [1.807, 2.05) is 0 Å². The normalized spacial score (nSPS) is 46.0. The number of aliphatic hydroxyl groups excluding tert-OH is 11. The van der Waals surface area contributed by atoms with Gasteiger partial charge in [0.15, 0.2) is 24.2 Å². The maximum atomic E-state index is 12.5. The van der Waals surface area contributed by atoms with Gasteiger partial charge in [0.1, 0.15) is 79.9 Å². The van der Waals surface area contributed by atoms with Crippen LogP contribution in [0.3, 0.4) is 0 Å². The number of ether oxygens (including phenoxy) is 5. The first-order chi connectivity index (χ1) is 19.6. The van der Waals surface area contributed by atoms with Gasteiger partial charge in [-0.3, -0.25) is 4.79 Å². The Balaban J connectivity index is 0.00000484. The fourth-order valence-corrected chi connectivity index (χ4v) is 5.07. The van der Waals surface area contributed by atoms with Crippen molar-refractivity contribution in [2.75, 3.05) is 19.8 Å². The summed E-state index contributed by atoms with van der Waals surface area (Å²) in [6, 6.07) is -1.32. The molecular formula is C23H42NNaO18. The summed E-state index contributed by atoms with van der Waals surface area (Å²) in [7, 11) is 0. The van der Waals surface area contributed by atoms with E-state index in [4.69, 9.17) is 34.5 Å². The Morgan fingerprint density at radius 3 is 2.16 bits per heavy atom. The van der Waals surface area contributed by atoms with Gasteiger partial charge in [0.05, 0.1) is 25.4 Å². The number of nitrogens with two attached hydrogens (primary N) is 1. The molecular weight excluding hydrogens is 601 g/mol. The van der Waals surface area contributed by atoms with Gasteiger partial charge in [0.2, 0.25) is 0 Å². The first kappa shape index (κ1) is 39.1. The third-order valence-electron chi connectivity index (χ3n) is 7.55. The molecule has 0 aromatic rings. The second kappa shape index (κ2) is 16.2. The molecule has 3 fully saturated rings. The number of aliphatic hydroxyl groups is 12. The smallest absolute Gasteiger partial charge is 1.00 e. The first-order valence-electron chi connectivity index (χ1n) is 13.1. The third kappa shape index (κ3) is 8.66. The van der Waals surface area contributed by atoms with Crippen LogP contribution in [0.25, 0.3) is 0 Å². The summed E-state index contributed by atoms with van der Waals surface area (Å²) in [5.41, 5.74) is 5.82. The zero-order valence-electron chi connectivity index (χ0n) is 24.5. The molecule has 0 spiro atoms. The fraction of sp³-hybridized carbons (Fsp3) is 0.957. The molecule has 0 amide bonds. The summed E-state index contributed by atoms with van der Waals surface area (Å²) in [5.74, 6) is -3.27. The summed E-state index contributed by atoms with van der Waals surface area (Å²) in [6.45, 7) is -1.67. The first-order valence-corrected chi connectivity index (χ1v) is 13.1. The van der Waals surface area contributed by atoms with E-state index in [-0.39, 0.29) is 31.0 Å². The Bertz CT molecular complexity index is 898. The number of carbonyl (C=O) groups excluding carboxylic acids is 1. The Hall–Kier alpha value is -0.0500. The molecule has 19 nitrogen and oxygen atoms in total. The molecule has 0 aromatic carbocycles. The molecule has 248 valence electrons. The number of carbonyl (C=O) groups is 1. The molecule has 14 N–H and O–H groups in total. The minimum atomic E-state index is -2.44. The van der Waals surface area contributed by atoms with Crippen LogP contribution in [0.1, 0.15) is 14.8 Å². The van der Waals surface area contributed by atoms with Crippen LogP contribution in [0.15, 0.2) is 0 Å². The average molecular weight is 644 g/mol. The van der Waals surface area contributed by atoms with Gasteiger partial charge in [0.25, 0.3) is 0 Å². The Morgan fingerprint density at radius 1 is 0.977 bits per heavy atom.